The standard InChI is InChI=1S/C20H20N2O3/c23-18(14-5-2-1-3-6-14)11-12-19(24)21-16-7-4-8-17(13-16)22-20(25)15-9-10-15/h1-8,13,15H,9-12H2,(H,21,24)(H,22,25). The van der Waals surface area contributed by atoms with Gasteiger partial charge < -0.3 is 10.6 Å². The van der Waals surface area contributed by atoms with Gasteiger partial charge in [-0.25, -0.2) is 0 Å². The van der Waals surface area contributed by atoms with Gasteiger partial charge in [-0.3, -0.25) is 14.4 Å². The predicted molar refractivity (Wildman–Crippen MR) is 96.4 cm³/mol. The summed E-state index contributed by atoms with van der Waals surface area (Å²) in [5.74, 6) is -0.129. The minimum atomic E-state index is -0.227. The van der Waals surface area contributed by atoms with E-state index < -0.39 is 0 Å². The molecule has 0 unspecified atom stereocenters. The molecule has 25 heavy (non-hydrogen) atoms. The van der Waals surface area contributed by atoms with Gasteiger partial charge in [0.2, 0.25) is 11.8 Å². The Kier molecular flexibility index (Phi) is 5.23. The fourth-order valence-electron chi connectivity index (χ4n) is 2.48. The molecule has 0 radical (unpaired) electrons. The second-order valence-corrected chi connectivity index (χ2v) is 6.18. The molecule has 1 aliphatic rings. The minimum absolute atomic E-state index is 0.0249. The maximum Gasteiger partial charge on any atom is 0.227 e. The lowest BCUT2D eigenvalue weighted by atomic mass is 10.1. The summed E-state index contributed by atoms with van der Waals surface area (Å²) in [7, 11) is 0. The van der Waals surface area contributed by atoms with E-state index in [9.17, 15) is 14.4 Å². The van der Waals surface area contributed by atoms with Crippen LogP contribution in [0.4, 0.5) is 11.4 Å². The Bertz CT molecular complexity index is 783. The van der Waals surface area contributed by atoms with Crippen LogP contribution in [-0.2, 0) is 9.59 Å². The summed E-state index contributed by atoms with van der Waals surface area (Å²) in [6.45, 7) is 0. The number of ketones is 1. The number of amides is 2. The number of anilines is 2. The summed E-state index contributed by atoms with van der Waals surface area (Å²) in [5.41, 5.74) is 1.88. The van der Waals surface area contributed by atoms with Gasteiger partial charge in [0.25, 0.3) is 0 Å². The highest BCUT2D eigenvalue weighted by atomic mass is 16.2. The average molecular weight is 336 g/mol. The fraction of sp³-hybridized carbons (Fsp3) is 0.250. The number of carbonyl (C=O) groups is 3. The van der Waals surface area contributed by atoms with Crippen LogP contribution in [0.2, 0.25) is 0 Å². The van der Waals surface area contributed by atoms with Crippen LogP contribution in [0, 0.1) is 5.92 Å². The Morgan fingerprint density at radius 1 is 0.840 bits per heavy atom. The molecule has 5 nitrogen and oxygen atoms in total. The normalized spacial score (nSPS) is 13.1. The van der Waals surface area contributed by atoms with Crippen molar-refractivity contribution in [3.8, 4) is 0 Å². The average Bonchev–Trinajstić information content (AvgIpc) is 3.46. The van der Waals surface area contributed by atoms with Gasteiger partial charge in [0, 0.05) is 35.7 Å². The molecule has 1 fully saturated rings. The molecule has 1 saturated carbocycles. The van der Waals surface area contributed by atoms with Crippen molar-refractivity contribution in [1.29, 1.82) is 0 Å². The first kappa shape index (κ1) is 16.9. The first-order valence-electron chi connectivity index (χ1n) is 8.41. The zero-order chi connectivity index (χ0) is 17.6. The molecule has 128 valence electrons. The zero-order valence-corrected chi connectivity index (χ0v) is 13.8. The van der Waals surface area contributed by atoms with Crippen LogP contribution in [0.5, 0.6) is 0 Å². The monoisotopic (exact) mass is 336 g/mol. The Hall–Kier alpha value is -2.95. The van der Waals surface area contributed by atoms with Crippen LogP contribution in [0.1, 0.15) is 36.0 Å². The molecule has 2 N–H and O–H groups in total. The van der Waals surface area contributed by atoms with Crippen LogP contribution in [0.15, 0.2) is 54.6 Å². The smallest absolute Gasteiger partial charge is 0.227 e. The van der Waals surface area contributed by atoms with Crippen LogP contribution >= 0.6 is 0 Å². The highest BCUT2D eigenvalue weighted by Crippen LogP contribution is 2.30. The summed E-state index contributed by atoms with van der Waals surface area (Å²) < 4.78 is 0. The van der Waals surface area contributed by atoms with Crippen molar-refractivity contribution >= 4 is 29.0 Å². The molecule has 0 heterocycles. The summed E-state index contributed by atoms with van der Waals surface area (Å²) >= 11 is 0. The molecule has 0 atom stereocenters. The number of benzene rings is 2. The third kappa shape index (κ3) is 5.01. The Morgan fingerprint density at radius 3 is 2.20 bits per heavy atom. The van der Waals surface area contributed by atoms with Crippen LogP contribution < -0.4 is 10.6 Å². The van der Waals surface area contributed by atoms with E-state index in [1.165, 1.54) is 0 Å². The molecule has 2 aromatic rings. The summed E-state index contributed by atoms with van der Waals surface area (Å²) in [6, 6.07) is 16.0. The van der Waals surface area contributed by atoms with Gasteiger partial charge in [0.05, 0.1) is 0 Å². The van der Waals surface area contributed by atoms with E-state index in [-0.39, 0.29) is 36.4 Å². The van der Waals surface area contributed by atoms with Gasteiger partial charge in [-0.15, -0.1) is 0 Å². The van der Waals surface area contributed by atoms with Crippen molar-refractivity contribution in [2.75, 3.05) is 10.6 Å². The zero-order valence-electron chi connectivity index (χ0n) is 13.8. The van der Waals surface area contributed by atoms with Crippen molar-refractivity contribution in [2.24, 2.45) is 5.92 Å². The highest BCUT2D eigenvalue weighted by Gasteiger charge is 2.29. The van der Waals surface area contributed by atoms with Crippen molar-refractivity contribution in [3.05, 3.63) is 60.2 Å². The molecule has 3 rings (SSSR count). The van der Waals surface area contributed by atoms with E-state index in [1.54, 1.807) is 48.5 Å². The lowest BCUT2D eigenvalue weighted by Crippen LogP contribution is -2.15. The van der Waals surface area contributed by atoms with E-state index in [0.717, 1.165) is 12.8 Å². The Morgan fingerprint density at radius 2 is 1.52 bits per heavy atom. The topological polar surface area (TPSA) is 75.3 Å². The third-order valence-electron chi connectivity index (χ3n) is 4.04. The molecule has 0 spiro atoms. The molecule has 0 bridgehead atoms. The first-order valence-corrected chi connectivity index (χ1v) is 8.41. The van der Waals surface area contributed by atoms with Gasteiger partial charge >= 0.3 is 0 Å². The van der Waals surface area contributed by atoms with Gasteiger partial charge in [-0.1, -0.05) is 36.4 Å². The van der Waals surface area contributed by atoms with Crippen LogP contribution in [0.25, 0.3) is 0 Å². The number of hydrogen-bond donors (Lipinski definition) is 2. The quantitative estimate of drug-likeness (QED) is 0.758. The van der Waals surface area contributed by atoms with Gasteiger partial charge in [0.1, 0.15) is 0 Å². The van der Waals surface area contributed by atoms with E-state index in [0.29, 0.717) is 16.9 Å². The van der Waals surface area contributed by atoms with Crippen molar-refractivity contribution in [2.45, 2.75) is 25.7 Å². The van der Waals surface area contributed by atoms with Crippen molar-refractivity contribution in [3.63, 3.8) is 0 Å². The molecular weight excluding hydrogens is 316 g/mol. The number of Topliss-reactive ketones (excluding diaryl/α,β-unsaturated/α-hetero) is 1. The van der Waals surface area contributed by atoms with Crippen LogP contribution in [0.3, 0.4) is 0 Å². The molecule has 1 aliphatic carbocycles. The van der Waals surface area contributed by atoms with Crippen molar-refractivity contribution in [1.82, 2.24) is 0 Å². The number of rotatable bonds is 7. The van der Waals surface area contributed by atoms with Crippen molar-refractivity contribution < 1.29 is 14.4 Å². The summed E-state index contributed by atoms with van der Waals surface area (Å²) in [6.07, 6.45) is 2.16. The molecule has 0 aliphatic heterocycles. The van der Waals surface area contributed by atoms with E-state index in [1.807, 2.05) is 6.07 Å². The number of nitrogens with one attached hydrogen (secondary N) is 2. The van der Waals surface area contributed by atoms with E-state index >= 15 is 0 Å². The lowest BCUT2D eigenvalue weighted by molar-refractivity contribution is -0.117. The molecule has 5 heteroatoms. The maximum absolute atomic E-state index is 12.0. The first-order chi connectivity index (χ1) is 12.1. The van der Waals surface area contributed by atoms with Gasteiger partial charge in [0.15, 0.2) is 5.78 Å². The fourth-order valence-corrected chi connectivity index (χ4v) is 2.48. The second-order valence-electron chi connectivity index (χ2n) is 6.18. The largest absolute Gasteiger partial charge is 0.326 e. The molecule has 2 amide bonds. The van der Waals surface area contributed by atoms with E-state index in [4.69, 9.17) is 0 Å². The SMILES string of the molecule is O=C(CCC(=O)c1ccccc1)Nc1cccc(NC(=O)C2CC2)c1. The number of carbonyl (C=O) groups excluding carboxylic acids is 3. The maximum atomic E-state index is 12.0. The summed E-state index contributed by atoms with van der Waals surface area (Å²) in [5, 5.41) is 5.61. The van der Waals surface area contributed by atoms with Crippen LogP contribution in [-0.4, -0.2) is 17.6 Å². The molecular formula is C20H20N2O3. The van der Waals surface area contributed by atoms with E-state index in [2.05, 4.69) is 10.6 Å². The highest BCUT2D eigenvalue weighted by molar-refractivity contribution is 6.00. The Labute approximate surface area is 146 Å². The second kappa shape index (κ2) is 7.75. The summed E-state index contributed by atoms with van der Waals surface area (Å²) in [4.78, 5) is 35.9. The molecule has 2 aromatic carbocycles. The van der Waals surface area contributed by atoms with Gasteiger partial charge in [-0.2, -0.15) is 0 Å². The Balaban J connectivity index is 1.50. The number of hydrogen-bond acceptors (Lipinski definition) is 3. The third-order valence-corrected chi connectivity index (χ3v) is 4.04. The molecule has 0 aromatic heterocycles. The molecule has 0 saturated heterocycles. The predicted octanol–water partition coefficient (Wildman–Crippen LogP) is 3.64. The lowest BCUT2D eigenvalue weighted by Gasteiger charge is -2.08. The minimum Gasteiger partial charge on any atom is -0.326 e. The van der Waals surface area contributed by atoms with Gasteiger partial charge in [-0.05, 0) is 31.0 Å².